The van der Waals surface area contributed by atoms with Crippen molar-refractivity contribution in [2.24, 2.45) is 5.92 Å². The Morgan fingerprint density at radius 2 is 1.71 bits per heavy atom. The molecule has 0 bridgehead atoms. The molecule has 190 valence electrons. The lowest BCUT2D eigenvalue weighted by Crippen LogP contribution is -2.46. The van der Waals surface area contributed by atoms with Crippen LogP contribution in [-0.4, -0.2) is 50.8 Å². The van der Waals surface area contributed by atoms with Crippen molar-refractivity contribution in [3.05, 3.63) is 38.9 Å². The number of hydrogen-bond donors (Lipinski definition) is 1. The number of nitrogens with zero attached hydrogens (tertiary/aromatic N) is 3. The molecule has 35 heavy (non-hydrogen) atoms. The molecule has 8 nitrogen and oxygen atoms in total. The maximum atomic E-state index is 14.1. The predicted molar refractivity (Wildman–Crippen MR) is 133 cm³/mol. The van der Waals surface area contributed by atoms with Crippen molar-refractivity contribution >= 4 is 28.7 Å². The van der Waals surface area contributed by atoms with Crippen LogP contribution in [0.4, 0.5) is 4.39 Å². The number of fused-ring (bicyclic) bond motifs is 1. The van der Waals surface area contributed by atoms with E-state index in [1.807, 2.05) is 11.8 Å². The smallest absolute Gasteiger partial charge is 0.333 e. The van der Waals surface area contributed by atoms with Crippen LogP contribution in [0.5, 0.6) is 0 Å². The van der Waals surface area contributed by atoms with Gasteiger partial charge in [0.25, 0.3) is 5.56 Å². The van der Waals surface area contributed by atoms with Crippen LogP contribution in [0.2, 0.25) is 0 Å². The van der Waals surface area contributed by atoms with Crippen molar-refractivity contribution < 1.29 is 13.9 Å². The zero-order valence-electron chi connectivity index (χ0n) is 19.9. The van der Waals surface area contributed by atoms with E-state index in [0.29, 0.717) is 38.0 Å². The first kappa shape index (κ1) is 24.5. The van der Waals surface area contributed by atoms with Crippen molar-refractivity contribution in [2.75, 3.05) is 24.7 Å². The van der Waals surface area contributed by atoms with Crippen LogP contribution in [0.25, 0.3) is 11.0 Å². The minimum atomic E-state index is -0.582. The summed E-state index contributed by atoms with van der Waals surface area (Å²) >= 11 is 1.85. The minimum Gasteiger partial charge on any atom is -0.381 e. The Hall–Kier alpha value is -2.20. The fourth-order valence-corrected chi connectivity index (χ4v) is 6.86. The molecule has 1 saturated carbocycles. The molecule has 0 radical (unpaired) electrons. The summed E-state index contributed by atoms with van der Waals surface area (Å²) in [4.78, 5) is 43.8. The van der Waals surface area contributed by atoms with Gasteiger partial charge in [0.2, 0.25) is 5.91 Å². The molecular formula is C25H33FN4O4S. The van der Waals surface area contributed by atoms with Crippen LogP contribution >= 0.6 is 11.8 Å². The number of thioether (sulfide) groups is 1. The summed E-state index contributed by atoms with van der Waals surface area (Å²) < 4.78 is 22.4. The maximum Gasteiger partial charge on any atom is 0.333 e. The van der Waals surface area contributed by atoms with Gasteiger partial charge in [-0.05, 0) is 74.9 Å². The number of halogens is 1. The molecule has 0 atom stereocenters. The van der Waals surface area contributed by atoms with Crippen LogP contribution < -0.4 is 16.6 Å². The molecule has 1 amide bonds. The molecule has 1 aliphatic carbocycles. The van der Waals surface area contributed by atoms with Crippen LogP contribution in [-0.2, 0) is 9.53 Å². The van der Waals surface area contributed by atoms with Gasteiger partial charge in [-0.3, -0.25) is 18.7 Å². The number of ether oxygens (including phenoxy) is 1. The number of carbonyl (C=O) groups is 1. The normalized spacial score (nSPS) is 24.5. The van der Waals surface area contributed by atoms with Crippen molar-refractivity contribution in [1.29, 1.82) is 0 Å². The van der Waals surface area contributed by atoms with Gasteiger partial charge >= 0.3 is 5.69 Å². The first-order valence-corrected chi connectivity index (χ1v) is 13.9. The number of hydrogen-bond acceptors (Lipinski definition) is 6. The largest absolute Gasteiger partial charge is 0.381 e. The fraction of sp³-hybridized carbons (Fsp3) is 0.680. The lowest BCUT2D eigenvalue weighted by Gasteiger charge is -2.32. The van der Waals surface area contributed by atoms with Gasteiger partial charge in [0.05, 0.1) is 11.6 Å². The van der Waals surface area contributed by atoms with E-state index < -0.39 is 11.4 Å². The van der Waals surface area contributed by atoms with Crippen LogP contribution in [0.1, 0.15) is 69.9 Å². The molecule has 5 rings (SSSR count). The lowest BCUT2D eigenvalue weighted by molar-refractivity contribution is -0.123. The SMILES string of the molecule is O=C(CC1CCOCC1)NC1CCC(n2c(=O)c3cc(F)cnc3n(C3CCSCC3)c2=O)CC1. The molecule has 3 fully saturated rings. The number of amides is 1. The van der Waals surface area contributed by atoms with E-state index >= 15 is 0 Å². The molecule has 4 heterocycles. The summed E-state index contributed by atoms with van der Waals surface area (Å²) in [7, 11) is 0. The number of rotatable bonds is 5. The second kappa shape index (κ2) is 10.8. The Bertz CT molecular complexity index is 1180. The molecular weight excluding hydrogens is 471 g/mol. The number of carbonyl (C=O) groups excluding carboxylic acids is 1. The van der Waals surface area contributed by atoms with Gasteiger partial charge in [0.15, 0.2) is 0 Å². The Labute approximate surface area is 207 Å². The number of pyridine rings is 1. The molecule has 3 aliphatic rings. The zero-order chi connectivity index (χ0) is 24.4. The summed E-state index contributed by atoms with van der Waals surface area (Å²) in [5.41, 5.74) is -0.528. The van der Waals surface area contributed by atoms with E-state index in [2.05, 4.69) is 10.3 Å². The van der Waals surface area contributed by atoms with Gasteiger partial charge in [-0.15, -0.1) is 0 Å². The van der Waals surface area contributed by atoms with Crippen molar-refractivity contribution in [3.8, 4) is 0 Å². The Kier molecular flexibility index (Phi) is 7.57. The van der Waals surface area contributed by atoms with E-state index in [1.54, 1.807) is 4.57 Å². The quantitative estimate of drug-likeness (QED) is 0.672. The van der Waals surface area contributed by atoms with Crippen molar-refractivity contribution in [2.45, 2.75) is 75.9 Å². The third-order valence-electron chi connectivity index (χ3n) is 7.72. The summed E-state index contributed by atoms with van der Waals surface area (Å²) in [5, 5.41) is 3.32. The Balaban J connectivity index is 1.35. The second-order valence-corrected chi connectivity index (χ2v) is 11.3. The average Bonchev–Trinajstić information content (AvgIpc) is 2.87. The molecule has 0 aromatic carbocycles. The fourth-order valence-electron chi connectivity index (χ4n) is 5.78. The van der Waals surface area contributed by atoms with Gasteiger partial charge in [0.1, 0.15) is 11.5 Å². The first-order valence-electron chi connectivity index (χ1n) is 12.8. The zero-order valence-corrected chi connectivity index (χ0v) is 20.7. The highest BCUT2D eigenvalue weighted by Gasteiger charge is 2.30. The van der Waals surface area contributed by atoms with E-state index in [0.717, 1.165) is 56.6 Å². The molecule has 0 unspecified atom stereocenters. The summed E-state index contributed by atoms with van der Waals surface area (Å²) in [6.07, 6.45) is 7.73. The molecule has 2 saturated heterocycles. The molecule has 10 heteroatoms. The number of nitrogens with one attached hydrogen (secondary N) is 1. The average molecular weight is 505 g/mol. The Morgan fingerprint density at radius 3 is 2.43 bits per heavy atom. The van der Waals surface area contributed by atoms with E-state index in [-0.39, 0.29) is 40.8 Å². The van der Waals surface area contributed by atoms with Crippen LogP contribution in [0.15, 0.2) is 21.9 Å². The van der Waals surface area contributed by atoms with Gasteiger partial charge in [-0.1, -0.05) is 0 Å². The highest BCUT2D eigenvalue weighted by atomic mass is 32.2. The van der Waals surface area contributed by atoms with E-state index in [9.17, 15) is 18.8 Å². The molecule has 0 spiro atoms. The van der Waals surface area contributed by atoms with Gasteiger partial charge in [-0.2, -0.15) is 11.8 Å². The van der Waals surface area contributed by atoms with Gasteiger partial charge < -0.3 is 10.1 Å². The summed E-state index contributed by atoms with van der Waals surface area (Å²) in [6, 6.07) is 0.940. The minimum absolute atomic E-state index is 0.0446. The topological polar surface area (TPSA) is 95.2 Å². The molecule has 2 aliphatic heterocycles. The van der Waals surface area contributed by atoms with E-state index in [1.165, 1.54) is 10.6 Å². The summed E-state index contributed by atoms with van der Waals surface area (Å²) in [6.45, 7) is 1.44. The van der Waals surface area contributed by atoms with Crippen LogP contribution in [0.3, 0.4) is 0 Å². The Morgan fingerprint density at radius 1 is 1.03 bits per heavy atom. The first-order chi connectivity index (χ1) is 17.0. The standard InChI is InChI=1S/C25H33FN4O4S/c26-17-14-21-23(27-15-17)29(20-7-11-35-12-8-20)25(33)30(24(21)32)19-3-1-18(2-4-19)28-22(31)13-16-5-9-34-10-6-16/h14-16,18-20H,1-13H2,(H,28,31). The van der Waals surface area contributed by atoms with Crippen molar-refractivity contribution in [1.82, 2.24) is 19.4 Å². The molecule has 2 aromatic rings. The lowest BCUT2D eigenvalue weighted by atomic mass is 9.90. The van der Waals surface area contributed by atoms with Gasteiger partial charge in [0, 0.05) is 37.8 Å². The van der Waals surface area contributed by atoms with E-state index in [4.69, 9.17) is 4.74 Å². The summed E-state index contributed by atoms with van der Waals surface area (Å²) in [5.74, 6) is 1.75. The van der Waals surface area contributed by atoms with Gasteiger partial charge in [-0.25, -0.2) is 14.2 Å². The predicted octanol–water partition coefficient (Wildman–Crippen LogP) is 3.18. The molecule has 1 N–H and O–H groups in total. The number of aromatic nitrogens is 3. The second-order valence-electron chi connectivity index (χ2n) is 10.0. The maximum absolute atomic E-state index is 14.1. The van der Waals surface area contributed by atoms with Crippen molar-refractivity contribution in [3.63, 3.8) is 0 Å². The highest BCUT2D eigenvalue weighted by molar-refractivity contribution is 7.99. The van der Waals surface area contributed by atoms with Crippen LogP contribution in [0, 0.1) is 11.7 Å². The molecule has 2 aromatic heterocycles. The third-order valence-corrected chi connectivity index (χ3v) is 8.77. The highest BCUT2D eigenvalue weighted by Crippen LogP contribution is 2.30. The monoisotopic (exact) mass is 504 g/mol. The third kappa shape index (κ3) is 5.33.